The van der Waals surface area contributed by atoms with Crippen molar-refractivity contribution in [3.8, 4) is 0 Å². The lowest BCUT2D eigenvalue weighted by Gasteiger charge is -2.34. The number of aliphatic hydroxyl groups excluding tert-OH is 10. The van der Waals surface area contributed by atoms with Crippen molar-refractivity contribution in [2.24, 2.45) is 5.73 Å². The van der Waals surface area contributed by atoms with Gasteiger partial charge in [0.1, 0.15) is 36.6 Å². The fraction of sp³-hybridized carbons (Fsp3) is 0.541. The molecule has 0 fully saturated rings. The molecule has 2 aromatic carbocycles. The van der Waals surface area contributed by atoms with E-state index in [0.717, 1.165) is 34.7 Å². The summed E-state index contributed by atoms with van der Waals surface area (Å²) in [6.07, 6.45) is -12.7. The molecule has 0 aliphatic rings. The average Bonchev–Trinajstić information content (AvgIpc) is 3.21. The van der Waals surface area contributed by atoms with Gasteiger partial charge in [-0.3, -0.25) is 30.5 Å². The van der Waals surface area contributed by atoms with E-state index in [1.54, 1.807) is 6.92 Å². The lowest BCUT2D eigenvalue weighted by Crippen LogP contribution is -2.56. The molecule has 0 radical (unpaired) electrons. The van der Waals surface area contributed by atoms with Crippen LogP contribution in [0, 0.1) is 12.3 Å². The number of carbonyl (C=O) groups is 2. The molecule has 0 saturated heterocycles. The van der Waals surface area contributed by atoms with Gasteiger partial charge in [-0.25, -0.2) is 9.97 Å². The number of hydrogen-bond donors (Lipinski definition) is 16. The summed E-state index contributed by atoms with van der Waals surface area (Å²) in [4.78, 5) is 34.1. The Labute approximate surface area is 344 Å². The highest BCUT2D eigenvalue weighted by Gasteiger charge is 2.34. The Morgan fingerprint density at radius 1 is 0.814 bits per heavy atom. The van der Waals surface area contributed by atoms with Gasteiger partial charge in [0, 0.05) is 26.3 Å². The van der Waals surface area contributed by atoms with E-state index in [1.807, 2.05) is 36.4 Å². The van der Waals surface area contributed by atoms with Crippen molar-refractivity contribution in [3.63, 3.8) is 0 Å². The molecule has 0 bridgehead atoms. The summed E-state index contributed by atoms with van der Waals surface area (Å²) in [7, 11) is 0. The minimum atomic E-state index is -1.98. The van der Waals surface area contributed by atoms with Crippen molar-refractivity contribution in [3.05, 3.63) is 64.1 Å². The highest BCUT2D eigenvalue weighted by molar-refractivity contribution is 6.30. The normalized spacial score (nSPS) is 16.4. The van der Waals surface area contributed by atoms with E-state index in [1.165, 1.54) is 4.90 Å². The van der Waals surface area contributed by atoms with Gasteiger partial charge < -0.3 is 67.8 Å². The molecular weight excluding hydrogens is 798 g/mol. The van der Waals surface area contributed by atoms with E-state index in [0.29, 0.717) is 18.7 Å². The minimum absolute atomic E-state index is 0.0369. The van der Waals surface area contributed by atoms with Gasteiger partial charge in [-0.05, 0) is 54.5 Å². The van der Waals surface area contributed by atoms with Gasteiger partial charge in [0.05, 0.1) is 37.2 Å². The van der Waals surface area contributed by atoms with Crippen molar-refractivity contribution in [2.75, 3.05) is 45.3 Å². The molecule has 1 heterocycles. The summed E-state index contributed by atoms with van der Waals surface area (Å²) >= 11 is 5.94. The van der Waals surface area contributed by atoms with Gasteiger partial charge in [0.2, 0.25) is 5.91 Å². The number of nitrogens with two attached hydrogens (primary N) is 2. The first kappa shape index (κ1) is 49.2. The number of carbonyl (C=O) groups excluding carboxylic acids is 2. The molecular formula is C37H56ClN9O12. The second kappa shape index (κ2) is 23.6. The first-order chi connectivity index (χ1) is 27.9. The Hall–Kier alpha value is -4.20. The van der Waals surface area contributed by atoms with Crippen LogP contribution in [-0.4, -0.2) is 178 Å². The maximum Gasteiger partial charge on any atom is 0.280 e. The highest BCUT2D eigenvalue weighted by Crippen LogP contribution is 2.21. The molecule has 22 heteroatoms. The van der Waals surface area contributed by atoms with Crippen LogP contribution in [0.15, 0.2) is 36.4 Å². The van der Waals surface area contributed by atoms with Crippen LogP contribution < -0.4 is 27.4 Å². The summed E-state index contributed by atoms with van der Waals surface area (Å²) in [5.74, 6) is -1.79. The van der Waals surface area contributed by atoms with Crippen LogP contribution in [0.3, 0.4) is 0 Å². The zero-order chi connectivity index (χ0) is 44.0. The molecule has 3 aromatic rings. The number of aryl methyl sites for hydroxylation is 2. The van der Waals surface area contributed by atoms with Crippen molar-refractivity contribution in [1.82, 2.24) is 30.8 Å². The number of anilines is 1. The maximum atomic E-state index is 12.5. The number of unbranched alkanes of at least 4 members (excludes halogenated alkanes) is 1. The summed E-state index contributed by atoms with van der Waals surface area (Å²) in [6.45, 7) is -1.20. The molecule has 18 N–H and O–H groups in total. The standard InChI is InChI=1S/C37H56ClN9O12/c1-18-33(38)45-28(34(39)44-18)36(59)46-37(41)42-9-3-2-4-19-5-7-22-11-20(6-8-21(22)10-19)12-23(35(40)58)43-17-47(13-24(50)29(54)31(56)26(52)15-48)14-25(51)30(55)32(57)27(53)16-49/h5-8,10-11,23-27,29-32,43,48-57H,2-4,9,12-17H2,1H3,(H2,39,44)(H2,40,58)(H3,41,42,46,59)/t23-,24-,25-,26+,27+,29+,30+,31+,32+/m0/s1. The van der Waals surface area contributed by atoms with Gasteiger partial charge in [-0.2, -0.15) is 0 Å². The number of primary amides is 1. The molecule has 0 saturated carbocycles. The molecule has 0 aliphatic carbocycles. The lowest BCUT2D eigenvalue weighted by atomic mass is 9.98. The Morgan fingerprint density at radius 3 is 1.88 bits per heavy atom. The largest absolute Gasteiger partial charge is 0.394 e. The van der Waals surface area contributed by atoms with Gasteiger partial charge >= 0.3 is 0 Å². The van der Waals surface area contributed by atoms with Crippen LogP contribution in [-0.2, 0) is 17.6 Å². The number of guanidine groups is 1. The number of nitrogens with zero attached hydrogens (tertiary/aromatic N) is 3. The second-order valence-electron chi connectivity index (χ2n) is 14.2. The zero-order valence-corrected chi connectivity index (χ0v) is 33.2. The van der Waals surface area contributed by atoms with E-state index in [2.05, 4.69) is 25.9 Å². The maximum absolute atomic E-state index is 12.5. The number of aromatic nitrogens is 2. The third-order valence-electron chi connectivity index (χ3n) is 9.54. The average molecular weight is 854 g/mol. The SMILES string of the molecule is Cc1nc(N)c(C(=O)NC(=N)NCCCCc2ccc3cc(C[C@H](NCN(C[C@H](O)[C@@H](O)[C@H](O)[C@H](O)CO)C[C@H](O)[C@@H](O)[C@H](O)[C@H](O)CO)C(N)=O)ccc3c2)nc1Cl. The number of benzene rings is 2. The quantitative estimate of drug-likeness (QED) is 0.0175. The molecule has 0 spiro atoms. The van der Waals surface area contributed by atoms with Crippen LogP contribution in [0.1, 0.15) is 40.2 Å². The van der Waals surface area contributed by atoms with Crippen molar-refractivity contribution >= 4 is 46.0 Å². The Balaban J connectivity index is 1.58. The molecule has 9 atom stereocenters. The number of fused-ring (bicyclic) bond motifs is 1. The molecule has 21 nitrogen and oxygen atoms in total. The molecule has 3 rings (SSSR count). The Kier molecular flexibility index (Phi) is 19.6. The molecule has 1 aromatic heterocycles. The van der Waals surface area contributed by atoms with E-state index >= 15 is 0 Å². The van der Waals surface area contributed by atoms with Crippen LogP contribution in [0.25, 0.3) is 10.8 Å². The monoisotopic (exact) mass is 853 g/mol. The van der Waals surface area contributed by atoms with Crippen molar-refractivity contribution < 1.29 is 60.7 Å². The first-order valence-corrected chi connectivity index (χ1v) is 19.1. The predicted molar refractivity (Wildman–Crippen MR) is 215 cm³/mol. The van der Waals surface area contributed by atoms with E-state index in [4.69, 9.17) is 38.7 Å². The lowest BCUT2D eigenvalue weighted by molar-refractivity contribution is -0.131. The number of amides is 2. The van der Waals surface area contributed by atoms with Gasteiger partial charge in [-0.15, -0.1) is 0 Å². The van der Waals surface area contributed by atoms with Gasteiger partial charge in [0.25, 0.3) is 5.91 Å². The third kappa shape index (κ3) is 14.8. The predicted octanol–water partition coefficient (Wildman–Crippen LogP) is -4.43. The number of hydrogen-bond acceptors (Lipinski definition) is 18. The molecule has 328 valence electrons. The molecule has 0 unspecified atom stereocenters. The van der Waals surface area contributed by atoms with E-state index in [9.17, 15) is 50.4 Å². The summed E-state index contributed by atoms with van der Waals surface area (Å²) in [5.41, 5.74) is 13.5. The minimum Gasteiger partial charge on any atom is -0.394 e. The van der Waals surface area contributed by atoms with Crippen molar-refractivity contribution in [1.29, 1.82) is 5.41 Å². The fourth-order valence-electron chi connectivity index (χ4n) is 6.02. The number of nitrogen functional groups attached to an aromatic ring is 1. The van der Waals surface area contributed by atoms with Crippen LogP contribution in [0.5, 0.6) is 0 Å². The van der Waals surface area contributed by atoms with Crippen molar-refractivity contribution in [2.45, 2.75) is 87.5 Å². The highest BCUT2D eigenvalue weighted by atomic mass is 35.5. The topological polar surface area (TPSA) is 377 Å². The Morgan fingerprint density at radius 2 is 1.34 bits per heavy atom. The van der Waals surface area contributed by atoms with E-state index < -0.39 is 93.0 Å². The van der Waals surface area contributed by atoms with Crippen LogP contribution in [0.2, 0.25) is 5.15 Å². The molecule has 59 heavy (non-hydrogen) atoms. The second-order valence-corrected chi connectivity index (χ2v) is 14.6. The smallest absolute Gasteiger partial charge is 0.280 e. The number of nitrogens with one attached hydrogen (secondary N) is 4. The molecule has 0 aliphatic heterocycles. The number of halogens is 1. The first-order valence-electron chi connectivity index (χ1n) is 18.7. The third-order valence-corrected chi connectivity index (χ3v) is 9.90. The van der Waals surface area contributed by atoms with Crippen LogP contribution >= 0.6 is 11.6 Å². The number of aliphatic hydroxyl groups is 10. The van der Waals surface area contributed by atoms with Gasteiger partial charge in [-0.1, -0.05) is 48.0 Å². The number of rotatable bonds is 24. The van der Waals surface area contributed by atoms with Gasteiger partial charge in [0.15, 0.2) is 22.6 Å². The summed E-state index contributed by atoms with van der Waals surface area (Å²) in [6, 6.07) is 10.5. The Bertz CT molecular complexity index is 1820. The fourth-order valence-corrected chi connectivity index (χ4v) is 6.15. The van der Waals surface area contributed by atoms with Crippen LogP contribution in [0.4, 0.5) is 5.82 Å². The van der Waals surface area contributed by atoms with E-state index in [-0.39, 0.29) is 35.7 Å². The summed E-state index contributed by atoms with van der Waals surface area (Å²) < 4.78 is 0. The zero-order valence-electron chi connectivity index (χ0n) is 32.4. The molecule has 2 amide bonds. The summed E-state index contributed by atoms with van der Waals surface area (Å²) in [5, 5.41) is 118.